The third-order valence-electron chi connectivity index (χ3n) is 4.77. The second-order valence-corrected chi connectivity index (χ2v) is 7.41. The SMILES string of the molecule is COc1ccc(Cl)cc1C(=O)NNC(=O)COC(=O)c1cc(-c2ccco2)nc2ccccc12. The second-order valence-electron chi connectivity index (χ2n) is 6.97. The monoisotopic (exact) mass is 479 g/mol. The number of para-hydroxylation sites is 1. The molecule has 0 aliphatic carbocycles. The number of hydrazine groups is 1. The van der Waals surface area contributed by atoms with Gasteiger partial charge in [0, 0.05) is 10.4 Å². The molecule has 0 saturated carbocycles. The molecule has 0 radical (unpaired) electrons. The van der Waals surface area contributed by atoms with E-state index in [1.165, 1.54) is 31.6 Å². The van der Waals surface area contributed by atoms with Crippen LogP contribution in [0.2, 0.25) is 5.02 Å². The Morgan fingerprint density at radius 2 is 1.82 bits per heavy atom. The number of amides is 2. The Labute approximate surface area is 198 Å². The van der Waals surface area contributed by atoms with Gasteiger partial charge in [0.05, 0.1) is 30.0 Å². The first-order valence-electron chi connectivity index (χ1n) is 10.00. The highest BCUT2D eigenvalue weighted by atomic mass is 35.5. The van der Waals surface area contributed by atoms with Gasteiger partial charge in [0.1, 0.15) is 11.4 Å². The Hall–Kier alpha value is -4.37. The fraction of sp³-hybridized carbons (Fsp3) is 0.0833. The van der Waals surface area contributed by atoms with E-state index in [4.69, 9.17) is 25.5 Å². The predicted molar refractivity (Wildman–Crippen MR) is 123 cm³/mol. The summed E-state index contributed by atoms with van der Waals surface area (Å²) in [6, 6.07) is 16.5. The van der Waals surface area contributed by atoms with Crippen LogP contribution in [0.4, 0.5) is 0 Å². The first-order chi connectivity index (χ1) is 16.5. The molecule has 0 spiro atoms. The van der Waals surface area contributed by atoms with Gasteiger partial charge in [0.2, 0.25) is 0 Å². The van der Waals surface area contributed by atoms with E-state index in [2.05, 4.69) is 15.8 Å². The Morgan fingerprint density at radius 1 is 1.00 bits per heavy atom. The van der Waals surface area contributed by atoms with Crippen LogP contribution in [0.5, 0.6) is 5.75 Å². The summed E-state index contributed by atoms with van der Waals surface area (Å²) in [6.45, 7) is -0.626. The summed E-state index contributed by atoms with van der Waals surface area (Å²) in [6.07, 6.45) is 1.50. The number of methoxy groups -OCH3 is 1. The van der Waals surface area contributed by atoms with E-state index in [1.54, 1.807) is 42.5 Å². The number of benzene rings is 2. The van der Waals surface area contributed by atoms with Crippen molar-refractivity contribution in [3.8, 4) is 17.2 Å². The Morgan fingerprint density at radius 3 is 2.59 bits per heavy atom. The van der Waals surface area contributed by atoms with E-state index in [9.17, 15) is 14.4 Å². The van der Waals surface area contributed by atoms with Crippen LogP contribution >= 0.6 is 11.6 Å². The minimum absolute atomic E-state index is 0.126. The topological polar surface area (TPSA) is 120 Å². The van der Waals surface area contributed by atoms with E-state index < -0.39 is 24.4 Å². The van der Waals surface area contributed by atoms with Gasteiger partial charge in [-0.25, -0.2) is 9.78 Å². The maximum Gasteiger partial charge on any atom is 0.339 e. The van der Waals surface area contributed by atoms with E-state index in [0.717, 1.165) is 0 Å². The second kappa shape index (κ2) is 10.1. The van der Waals surface area contributed by atoms with Gasteiger partial charge in [0.15, 0.2) is 12.4 Å². The van der Waals surface area contributed by atoms with Gasteiger partial charge in [-0.2, -0.15) is 0 Å². The van der Waals surface area contributed by atoms with Gasteiger partial charge in [-0.1, -0.05) is 29.8 Å². The summed E-state index contributed by atoms with van der Waals surface area (Å²) in [5.74, 6) is -1.37. The van der Waals surface area contributed by atoms with Crippen molar-refractivity contribution in [2.75, 3.05) is 13.7 Å². The average Bonchev–Trinajstić information content (AvgIpc) is 3.40. The van der Waals surface area contributed by atoms with Crippen molar-refractivity contribution in [3.05, 3.63) is 83.1 Å². The molecule has 0 aliphatic rings. The Bertz CT molecular complexity index is 1370. The molecule has 0 atom stereocenters. The molecule has 2 N–H and O–H groups in total. The normalized spacial score (nSPS) is 10.5. The number of nitrogens with zero attached hydrogens (tertiary/aromatic N) is 1. The van der Waals surface area contributed by atoms with E-state index in [1.807, 2.05) is 0 Å². The van der Waals surface area contributed by atoms with Crippen molar-refractivity contribution in [1.82, 2.24) is 15.8 Å². The van der Waals surface area contributed by atoms with Crippen LogP contribution in [0.25, 0.3) is 22.4 Å². The summed E-state index contributed by atoms with van der Waals surface area (Å²) in [4.78, 5) is 41.8. The summed E-state index contributed by atoms with van der Waals surface area (Å²) in [5, 5.41) is 0.884. The summed E-state index contributed by atoms with van der Waals surface area (Å²) < 4.78 is 15.7. The number of halogens is 1. The molecule has 172 valence electrons. The first kappa shape index (κ1) is 22.8. The predicted octanol–water partition coefficient (Wildman–Crippen LogP) is 3.77. The van der Waals surface area contributed by atoms with Crippen LogP contribution in [0.15, 0.2) is 71.3 Å². The van der Waals surface area contributed by atoms with Crippen LogP contribution in [-0.2, 0) is 9.53 Å². The highest BCUT2D eigenvalue weighted by Gasteiger charge is 2.18. The molecule has 4 rings (SSSR count). The number of aromatic nitrogens is 1. The molecular weight excluding hydrogens is 462 g/mol. The van der Waals surface area contributed by atoms with Crippen LogP contribution in [0, 0.1) is 0 Å². The van der Waals surface area contributed by atoms with Gasteiger partial charge in [-0.3, -0.25) is 20.4 Å². The van der Waals surface area contributed by atoms with Gasteiger partial charge >= 0.3 is 5.97 Å². The largest absolute Gasteiger partial charge is 0.496 e. The molecule has 0 saturated heterocycles. The van der Waals surface area contributed by atoms with Gasteiger partial charge in [0.25, 0.3) is 11.8 Å². The Balaban J connectivity index is 1.42. The standard InChI is InChI=1S/C24H18ClN3O6/c1-32-20-9-8-14(25)11-17(20)23(30)28-27-22(29)13-34-24(31)16-12-19(21-7-4-10-33-21)26-18-6-3-2-5-15(16)18/h2-12H,13H2,1H3,(H,27,29)(H,28,30). The van der Waals surface area contributed by atoms with Crippen LogP contribution in [0.3, 0.4) is 0 Å². The molecule has 0 unspecified atom stereocenters. The number of carbonyl (C=O) groups excluding carboxylic acids is 3. The molecule has 10 heteroatoms. The molecule has 34 heavy (non-hydrogen) atoms. The zero-order chi connectivity index (χ0) is 24.1. The fourth-order valence-electron chi connectivity index (χ4n) is 3.19. The number of nitrogens with one attached hydrogen (secondary N) is 2. The summed E-state index contributed by atoms with van der Waals surface area (Å²) >= 11 is 5.92. The molecule has 2 heterocycles. The molecule has 0 aliphatic heterocycles. The van der Waals surface area contributed by atoms with Gasteiger partial charge in [-0.15, -0.1) is 0 Å². The smallest absolute Gasteiger partial charge is 0.339 e. The Kier molecular flexibility index (Phi) is 6.74. The highest BCUT2D eigenvalue weighted by Crippen LogP contribution is 2.26. The van der Waals surface area contributed by atoms with E-state index >= 15 is 0 Å². The summed E-state index contributed by atoms with van der Waals surface area (Å²) in [5.41, 5.74) is 5.78. The van der Waals surface area contributed by atoms with E-state index in [-0.39, 0.29) is 16.9 Å². The average molecular weight is 480 g/mol. The van der Waals surface area contributed by atoms with Crippen molar-refractivity contribution in [1.29, 1.82) is 0 Å². The molecule has 9 nitrogen and oxygen atoms in total. The molecule has 2 aromatic carbocycles. The lowest BCUT2D eigenvalue weighted by Gasteiger charge is -2.11. The van der Waals surface area contributed by atoms with E-state index in [0.29, 0.717) is 27.4 Å². The third-order valence-corrected chi connectivity index (χ3v) is 5.00. The minimum Gasteiger partial charge on any atom is -0.496 e. The zero-order valence-corrected chi connectivity index (χ0v) is 18.6. The number of pyridine rings is 1. The number of carbonyl (C=O) groups is 3. The van der Waals surface area contributed by atoms with Crippen LogP contribution < -0.4 is 15.6 Å². The first-order valence-corrected chi connectivity index (χ1v) is 10.4. The number of esters is 1. The molecular formula is C24H18ClN3O6. The van der Waals surface area contributed by atoms with Crippen molar-refractivity contribution in [2.24, 2.45) is 0 Å². The molecule has 0 fully saturated rings. The van der Waals surface area contributed by atoms with Crippen LogP contribution in [-0.4, -0.2) is 36.5 Å². The number of fused-ring (bicyclic) bond motifs is 1. The van der Waals surface area contributed by atoms with Crippen molar-refractivity contribution in [3.63, 3.8) is 0 Å². The van der Waals surface area contributed by atoms with Crippen molar-refractivity contribution < 1.29 is 28.3 Å². The highest BCUT2D eigenvalue weighted by molar-refractivity contribution is 6.31. The van der Waals surface area contributed by atoms with Crippen molar-refractivity contribution in [2.45, 2.75) is 0 Å². The summed E-state index contributed by atoms with van der Waals surface area (Å²) in [7, 11) is 1.40. The third kappa shape index (κ3) is 5.00. The lowest BCUT2D eigenvalue weighted by Crippen LogP contribution is -2.43. The lowest BCUT2D eigenvalue weighted by atomic mass is 10.1. The fourth-order valence-corrected chi connectivity index (χ4v) is 3.36. The van der Waals surface area contributed by atoms with Crippen molar-refractivity contribution >= 4 is 40.3 Å². The molecule has 4 aromatic rings. The van der Waals surface area contributed by atoms with Gasteiger partial charge < -0.3 is 13.9 Å². The minimum atomic E-state index is -0.743. The number of furan rings is 1. The maximum atomic E-state index is 12.8. The molecule has 2 aromatic heterocycles. The quantitative estimate of drug-likeness (QED) is 0.319. The number of hydrogen-bond donors (Lipinski definition) is 2. The molecule has 2 amide bonds. The lowest BCUT2D eigenvalue weighted by molar-refractivity contribution is -0.125. The van der Waals surface area contributed by atoms with Crippen LogP contribution in [0.1, 0.15) is 20.7 Å². The number of rotatable bonds is 6. The number of ether oxygens (including phenoxy) is 2. The van der Waals surface area contributed by atoms with Gasteiger partial charge in [-0.05, 0) is 42.5 Å². The maximum absolute atomic E-state index is 12.8. The number of hydrogen-bond acceptors (Lipinski definition) is 7. The molecule has 0 bridgehead atoms. The zero-order valence-electron chi connectivity index (χ0n) is 17.8.